The molecule has 0 aromatic carbocycles. The fourth-order valence-electron chi connectivity index (χ4n) is 0.886. The van der Waals surface area contributed by atoms with E-state index in [9.17, 15) is 9.00 Å². The number of nitrogens with one attached hydrogen (secondary N) is 1. The Balaban J connectivity index is 2.59. The number of primary amides is 1. The zero-order chi connectivity index (χ0) is 8.27. The summed E-state index contributed by atoms with van der Waals surface area (Å²) in [5, 5.41) is 2.95. The van der Waals surface area contributed by atoms with Gasteiger partial charge in [-0.1, -0.05) is 0 Å². The van der Waals surface area contributed by atoms with Crippen molar-refractivity contribution in [3.8, 4) is 0 Å². The Morgan fingerprint density at radius 3 is 3.00 bits per heavy atom. The maximum absolute atomic E-state index is 10.9. The van der Waals surface area contributed by atoms with Crippen LogP contribution in [-0.4, -0.2) is 28.2 Å². The van der Waals surface area contributed by atoms with E-state index in [4.69, 9.17) is 5.73 Å². The van der Waals surface area contributed by atoms with Crippen molar-refractivity contribution in [3.05, 3.63) is 11.8 Å². The molecule has 62 valence electrons. The van der Waals surface area contributed by atoms with Crippen LogP contribution < -0.4 is 11.1 Å². The molecule has 1 aliphatic heterocycles. The van der Waals surface area contributed by atoms with Crippen LogP contribution in [0.1, 0.15) is 0 Å². The molecule has 1 unspecified atom stereocenters. The van der Waals surface area contributed by atoms with Gasteiger partial charge in [-0.05, 0) is 0 Å². The highest BCUT2D eigenvalue weighted by Crippen LogP contribution is 1.99. The maximum atomic E-state index is 10.9. The van der Waals surface area contributed by atoms with Crippen LogP contribution in [0.25, 0.3) is 0 Å². The van der Waals surface area contributed by atoms with Gasteiger partial charge < -0.3 is 11.1 Å². The van der Waals surface area contributed by atoms with E-state index < -0.39 is 16.7 Å². The zero-order valence-electron chi connectivity index (χ0n) is 6.00. The molecule has 0 spiro atoms. The minimum Gasteiger partial charge on any atom is -0.387 e. The van der Waals surface area contributed by atoms with Crippen molar-refractivity contribution in [1.82, 2.24) is 5.32 Å². The average molecular weight is 174 g/mol. The number of hydrogen-bond donors (Lipinski definition) is 2. The maximum Gasteiger partial charge on any atom is 0.243 e. The molecule has 5 heteroatoms. The van der Waals surface area contributed by atoms with Gasteiger partial charge in [0.1, 0.15) is 0 Å². The second-order valence-corrected chi connectivity index (χ2v) is 3.86. The average Bonchev–Trinajstić information content (AvgIpc) is 1.85. The molecule has 1 amide bonds. The molecule has 1 atom stereocenters. The largest absolute Gasteiger partial charge is 0.387 e. The second-order valence-electron chi connectivity index (χ2n) is 2.29. The van der Waals surface area contributed by atoms with Crippen molar-refractivity contribution < 1.29 is 9.00 Å². The van der Waals surface area contributed by atoms with E-state index in [1.807, 2.05) is 0 Å². The summed E-state index contributed by atoms with van der Waals surface area (Å²) in [6.07, 6.45) is 1.29. The SMILES string of the molecule is NC(=O)/C=C1/CS(=O)CCN1. The minimum atomic E-state index is -0.825. The van der Waals surface area contributed by atoms with Crippen molar-refractivity contribution in [3.63, 3.8) is 0 Å². The van der Waals surface area contributed by atoms with Gasteiger partial charge in [-0.2, -0.15) is 0 Å². The Morgan fingerprint density at radius 1 is 1.73 bits per heavy atom. The van der Waals surface area contributed by atoms with Crippen LogP contribution >= 0.6 is 0 Å². The number of carbonyl (C=O) groups excluding carboxylic acids is 1. The zero-order valence-corrected chi connectivity index (χ0v) is 6.82. The molecule has 0 aromatic heterocycles. The second kappa shape index (κ2) is 3.52. The molecule has 11 heavy (non-hydrogen) atoms. The molecular weight excluding hydrogens is 164 g/mol. The molecule has 0 saturated carbocycles. The van der Waals surface area contributed by atoms with Crippen LogP contribution in [0, 0.1) is 0 Å². The molecule has 1 saturated heterocycles. The van der Waals surface area contributed by atoms with E-state index in [2.05, 4.69) is 5.32 Å². The summed E-state index contributed by atoms with van der Waals surface area (Å²) < 4.78 is 10.9. The summed E-state index contributed by atoms with van der Waals surface area (Å²) in [6.45, 7) is 0.658. The lowest BCUT2D eigenvalue weighted by Gasteiger charge is -2.15. The summed E-state index contributed by atoms with van der Waals surface area (Å²) >= 11 is 0. The molecule has 4 nitrogen and oxygen atoms in total. The Hall–Kier alpha value is -0.840. The first-order chi connectivity index (χ1) is 5.18. The monoisotopic (exact) mass is 174 g/mol. The van der Waals surface area contributed by atoms with Crippen LogP contribution in [0.2, 0.25) is 0 Å². The lowest BCUT2D eigenvalue weighted by molar-refractivity contribution is -0.113. The third-order valence-electron chi connectivity index (χ3n) is 1.31. The third kappa shape index (κ3) is 2.71. The Kier molecular flexibility index (Phi) is 2.64. The van der Waals surface area contributed by atoms with Gasteiger partial charge in [0.2, 0.25) is 5.91 Å². The van der Waals surface area contributed by atoms with E-state index in [1.165, 1.54) is 6.08 Å². The molecule has 0 aliphatic carbocycles. The highest BCUT2D eigenvalue weighted by Gasteiger charge is 2.10. The molecule has 1 fully saturated rings. The van der Waals surface area contributed by atoms with E-state index >= 15 is 0 Å². The van der Waals surface area contributed by atoms with E-state index in [0.29, 0.717) is 23.7 Å². The number of nitrogens with two attached hydrogens (primary N) is 1. The standard InChI is InChI=1S/C6H10N2O2S/c7-6(9)3-5-4-11(10)2-1-8-5/h3,8H,1-2,4H2,(H2,7,9)/b5-3-. The highest BCUT2D eigenvalue weighted by atomic mass is 32.2. The smallest absolute Gasteiger partial charge is 0.243 e. The first-order valence-corrected chi connectivity index (χ1v) is 4.76. The summed E-state index contributed by atoms with van der Waals surface area (Å²) in [5.74, 6) is 0.574. The normalized spacial score (nSPS) is 28.0. The van der Waals surface area contributed by atoms with Crippen molar-refractivity contribution in [2.75, 3.05) is 18.1 Å². The molecular formula is C6H10N2O2S. The molecule has 1 rings (SSSR count). The summed E-state index contributed by atoms with van der Waals surface area (Å²) in [5.41, 5.74) is 5.60. The lowest BCUT2D eigenvalue weighted by Crippen LogP contribution is -2.31. The van der Waals surface area contributed by atoms with Gasteiger partial charge in [0.05, 0.1) is 5.75 Å². The van der Waals surface area contributed by atoms with Crippen LogP contribution in [0.5, 0.6) is 0 Å². The van der Waals surface area contributed by atoms with Crippen LogP contribution in [-0.2, 0) is 15.6 Å². The Labute approximate surface area is 67.3 Å². The molecule has 0 bridgehead atoms. The van der Waals surface area contributed by atoms with Gasteiger partial charge in [-0.3, -0.25) is 9.00 Å². The van der Waals surface area contributed by atoms with Gasteiger partial charge in [0, 0.05) is 34.9 Å². The molecule has 1 aliphatic rings. The summed E-state index contributed by atoms with van der Waals surface area (Å²) in [6, 6.07) is 0. The van der Waals surface area contributed by atoms with Gasteiger partial charge in [0.15, 0.2) is 0 Å². The number of carbonyl (C=O) groups is 1. The van der Waals surface area contributed by atoms with Gasteiger partial charge in [-0.15, -0.1) is 0 Å². The van der Waals surface area contributed by atoms with Crippen molar-refractivity contribution in [2.24, 2.45) is 5.73 Å². The van der Waals surface area contributed by atoms with Crippen molar-refractivity contribution in [1.29, 1.82) is 0 Å². The minimum absolute atomic E-state index is 0.420. The third-order valence-corrected chi connectivity index (χ3v) is 2.61. The summed E-state index contributed by atoms with van der Waals surface area (Å²) in [4.78, 5) is 10.4. The highest BCUT2D eigenvalue weighted by molar-refractivity contribution is 7.85. The number of amides is 1. The fourth-order valence-corrected chi connectivity index (χ4v) is 1.89. The van der Waals surface area contributed by atoms with Gasteiger partial charge in [0.25, 0.3) is 0 Å². The van der Waals surface area contributed by atoms with Crippen LogP contribution in [0.15, 0.2) is 11.8 Å². The van der Waals surface area contributed by atoms with E-state index in [-0.39, 0.29) is 0 Å². The quantitative estimate of drug-likeness (QED) is 0.486. The first kappa shape index (κ1) is 8.26. The van der Waals surface area contributed by atoms with Gasteiger partial charge in [-0.25, -0.2) is 0 Å². The number of hydrogen-bond acceptors (Lipinski definition) is 3. The lowest BCUT2D eigenvalue weighted by atomic mass is 10.4. The van der Waals surface area contributed by atoms with Crippen molar-refractivity contribution >= 4 is 16.7 Å². The number of rotatable bonds is 1. The van der Waals surface area contributed by atoms with Crippen molar-refractivity contribution in [2.45, 2.75) is 0 Å². The fraction of sp³-hybridized carbons (Fsp3) is 0.500. The van der Waals surface area contributed by atoms with E-state index in [1.54, 1.807) is 0 Å². The Morgan fingerprint density at radius 2 is 2.45 bits per heavy atom. The van der Waals surface area contributed by atoms with Gasteiger partial charge >= 0.3 is 0 Å². The first-order valence-electron chi connectivity index (χ1n) is 3.27. The van der Waals surface area contributed by atoms with Crippen LogP contribution in [0.3, 0.4) is 0 Å². The topological polar surface area (TPSA) is 72.2 Å². The predicted molar refractivity (Wildman–Crippen MR) is 43.2 cm³/mol. The molecule has 3 N–H and O–H groups in total. The molecule has 0 aromatic rings. The van der Waals surface area contributed by atoms with Crippen LogP contribution in [0.4, 0.5) is 0 Å². The van der Waals surface area contributed by atoms with E-state index in [0.717, 1.165) is 0 Å². The Bertz CT molecular complexity index is 225. The summed E-state index contributed by atoms with van der Waals surface area (Å²) in [7, 11) is -0.825. The predicted octanol–water partition coefficient (Wildman–Crippen LogP) is -1.29. The molecule has 1 heterocycles. The molecule has 0 radical (unpaired) electrons.